The van der Waals surface area contributed by atoms with Crippen molar-refractivity contribution in [1.29, 1.82) is 0 Å². The summed E-state index contributed by atoms with van der Waals surface area (Å²) in [6.07, 6.45) is 27.7. The Morgan fingerprint density at radius 3 is 2.63 bits per heavy atom. The van der Waals surface area contributed by atoms with Crippen molar-refractivity contribution in [2.75, 3.05) is 33.5 Å². The zero-order valence-corrected chi connectivity index (χ0v) is 25.0. The van der Waals surface area contributed by atoms with Crippen molar-refractivity contribution >= 4 is 5.91 Å². The van der Waals surface area contributed by atoms with E-state index in [4.69, 9.17) is 9.47 Å². The Labute approximate surface area is 233 Å². The van der Waals surface area contributed by atoms with Gasteiger partial charge in [0.25, 0.3) is 0 Å². The summed E-state index contributed by atoms with van der Waals surface area (Å²) in [4.78, 5) is 14.6. The number of carbonyl (C=O) groups excluding carboxylic acids is 1. The second kappa shape index (κ2) is 20.5. The summed E-state index contributed by atoms with van der Waals surface area (Å²) < 4.78 is 11.1. The van der Waals surface area contributed by atoms with Crippen LogP contribution in [0.2, 0.25) is 0 Å². The molecule has 1 aliphatic rings. The van der Waals surface area contributed by atoms with Crippen molar-refractivity contribution in [2.24, 2.45) is 11.8 Å². The molecule has 4 nitrogen and oxygen atoms in total. The van der Waals surface area contributed by atoms with Gasteiger partial charge in [-0.3, -0.25) is 4.79 Å². The highest BCUT2D eigenvalue weighted by molar-refractivity contribution is 5.74. The Morgan fingerprint density at radius 2 is 1.97 bits per heavy atom. The summed E-state index contributed by atoms with van der Waals surface area (Å²) in [6.45, 7) is 16.8. The molecule has 212 valence electrons. The number of methoxy groups -OCH3 is 1. The summed E-state index contributed by atoms with van der Waals surface area (Å²) in [6, 6.07) is 0.178. The minimum absolute atomic E-state index is 0.111. The van der Waals surface area contributed by atoms with Crippen LogP contribution in [-0.4, -0.2) is 50.3 Å². The number of ether oxygens (including phenoxy) is 2. The third-order valence-electron chi connectivity index (χ3n) is 6.93. The monoisotopic (exact) mass is 523 g/mol. The molecule has 0 aliphatic heterocycles. The lowest BCUT2D eigenvalue weighted by Crippen LogP contribution is -2.38. The third kappa shape index (κ3) is 12.9. The van der Waals surface area contributed by atoms with Gasteiger partial charge in [0.05, 0.1) is 6.61 Å². The van der Waals surface area contributed by atoms with Gasteiger partial charge in [0, 0.05) is 45.8 Å². The fourth-order valence-electron chi connectivity index (χ4n) is 4.54. The number of rotatable bonds is 18. The van der Waals surface area contributed by atoms with Crippen molar-refractivity contribution in [3.63, 3.8) is 0 Å². The largest absolute Gasteiger partial charge is 0.385 e. The zero-order valence-electron chi connectivity index (χ0n) is 25.0. The summed E-state index contributed by atoms with van der Waals surface area (Å²) in [5, 5.41) is 0. The Hall–Kier alpha value is -2.43. The number of nitrogens with zero attached hydrogens (tertiary/aromatic N) is 1. The fourth-order valence-corrected chi connectivity index (χ4v) is 4.54. The molecule has 0 spiro atoms. The lowest BCUT2D eigenvalue weighted by Gasteiger charge is -2.30. The van der Waals surface area contributed by atoms with Gasteiger partial charge in [0.2, 0.25) is 5.91 Å². The summed E-state index contributed by atoms with van der Waals surface area (Å²) >= 11 is 0. The van der Waals surface area contributed by atoms with Crippen molar-refractivity contribution in [3.8, 4) is 0 Å². The first-order valence-corrected chi connectivity index (χ1v) is 14.4. The van der Waals surface area contributed by atoms with Crippen molar-refractivity contribution in [2.45, 2.75) is 79.2 Å². The molecule has 1 rings (SSSR count). The molecular formula is C34H53NO3. The third-order valence-corrected chi connectivity index (χ3v) is 6.93. The van der Waals surface area contributed by atoms with Crippen LogP contribution in [0.4, 0.5) is 0 Å². The molecule has 0 saturated heterocycles. The number of allylic oxidation sites excluding steroid dienone is 11. The molecule has 0 bridgehead atoms. The van der Waals surface area contributed by atoms with E-state index in [1.54, 1.807) is 14.0 Å². The lowest BCUT2D eigenvalue weighted by atomic mass is 9.83. The SMILES string of the molecule is C=CCC=CC(/C=C\CC)/C(C/C(=C\COCCCOC)CN(C(C)=O)C(C)CC)=C1\C=CCC=CC1C. The lowest BCUT2D eigenvalue weighted by molar-refractivity contribution is -0.130. The average molecular weight is 524 g/mol. The predicted molar refractivity (Wildman–Crippen MR) is 163 cm³/mol. The smallest absolute Gasteiger partial charge is 0.219 e. The molecule has 0 fully saturated rings. The van der Waals surface area contributed by atoms with E-state index < -0.39 is 0 Å². The Kier molecular flexibility index (Phi) is 18.1. The van der Waals surface area contributed by atoms with Crippen LogP contribution in [0.25, 0.3) is 0 Å². The summed E-state index contributed by atoms with van der Waals surface area (Å²) in [5.74, 6) is 0.599. The van der Waals surface area contributed by atoms with Gasteiger partial charge >= 0.3 is 0 Å². The van der Waals surface area contributed by atoms with Gasteiger partial charge in [0.1, 0.15) is 0 Å². The zero-order chi connectivity index (χ0) is 28.2. The quantitative estimate of drug-likeness (QED) is 0.134. The molecule has 38 heavy (non-hydrogen) atoms. The van der Waals surface area contributed by atoms with E-state index in [0.717, 1.165) is 38.5 Å². The van der Waals surface area contributed by atoms with Crippen molar-refractivity contribution in [1.82, 2.24) is 4.90 Å². The second-order valence-corrected chi connectivity index (χ2v) is 10.0. The first kappa shape index (κ1) is 33.6. The standard InChI is InChI=1S/C34H53NO3/c1-8-11-14-20-32(19-12-9-2)34(33-21-16-13-15-18-28(33)4)26-31(22-25-38-24-17-23-37-7)27-35(30(6)36)29(5)10-3/h8,12,14-16,18-22,28-29,32H,1,9-11,13,17,23-27H2,2-7H3/b19-12-,20-14?,31-22+,34-33+. The Morgan fingerprint density at radius 1 is 1.21 bits per heavy atom. The first-order valence-electron chi connectivity index (χ1n) is 14.4. The minimum atomic E-state index is 0.111. The van der Waals surface area contributed by atoms with Gasteiger partial charge in [0.15, 0.2) is 0 Å². The first-order chi connectivity index (χ1) is 18.4. The van der Waals surface area contributed by atoms with E-state index in [1.165, 1.54) is 16.7 Å². The van der Waals surface area contributed by atoms with E-state index in [1.807, 2.05) is 11.0 Å². The van der Waals surface area contributed by atoms with Crippen LogP contribution in [0.15, 0.2) is 84.1 Å². The van der Waals surface area contributed by atoms with Crippen LogP contribution >= 0.6 is 0 Å². The van der Waals surface area contributed by atoms with E-state index in [-0.39, 0.29) is 17.9 Å². The van der Waals surface area contributed by atoms with Crippen LogP contribution in [-0.2, 0) is 14.3 Å². The fraction of sp³-hybridized carbons (Fsp3) is 0.559. The minimum Gasteiger partial charge on any atom is -0.385 e. The molecule has 0 saturated carbocycles. The van der Waals surface area contributed by atoms with E-state index in [2.05, 4.69) is 89.0 Å². The topological polar surface area (TPSA) is 38.8 Å². The highest BCUT2D eigenvalue weighted by atomic mass is 16.5. The van der Waals surface area contributed by atoms with Crippen LogP contribution in [0.3, 0.4) is 0 Å². The summed E-state index contributed by atoms with van der Waals surface area (Å²) in [5.41, 5.74) is 3.96. The molecule has 0 aromatic rings. The van der Waals surface area contributed by atoms with E-state index in [0.29, 0.717) is 32.3 Å². The van der Waals surface area contributed by atoms with Gasteiger partial charge in [-0.1, -0.05) is 87.1 Å². The maximum Gasteiger partial charge on any atom is 0.219 e. The molecular weight excluding hydrogens is 470 g/mol. The molecule has 0 aromatic heterocycles. The highest BCUT2D eigenvalue weighted by Crippen LogP contribution is 2.33. The number of hydrogen-bond acceptors (Lipinski definition) is 3. The predicted octanol–water partition coefficient (Wildman–Crippen LogP) is 8.17. The van der Waals surface area contributed by atoms with E-state index in [9.17, 15) is 4.79 Å². The maximum absolute atomic E-state index is 12.7. The van der Waals surface area contributed by atoms with Gasteiger partial charge in [-0.15, -0.1) is 6.58 Å². The van der Waals surface area contributed by atoms with Crippen molar-refractivity contribution < 1.29 is 14.3 Å². The normalized spacial score (nSPS) is 19.1. The molecule has 3 atom stereocenters. The van der Waals surface area contributed by atoms with Gasteiger partial charge in [-0.05, 0) is 62.5 Å². The second-order valence-electron chi connectivity index (χ2n) is 10.0. The Balaban J connectivity index is 3.53. The van der Waals surface area contributed by atoms with Crippen LogP contribution in [0.1, 0.15) is 73.1 Å². The molecule has 0 radical (unpaired) electrons. The van der Waals surface area contributed by atoms with Crippen LogP contribution < -0.4 is 0 Å². The van der Waals surface area contributed by atoms with Crippen molar-refractivity contribution in [3.05, 3.63) is 84.1 Å². The van der Waals surface area contributed by atoms with Crippen LogP contribution in [0.5, 0.6) is 0 Å². The average Bonchev–Trinajstić information content (AvgIpc) is 3.12. The molecule has 1 amide bonds. The Bertz CT molecular complexity index is 874. The maximum atomic E-state index is 12.7. The van der Waals surface area contributed by atoms with E-state index >= 15 is 0 Å². The molecule has 0 aromatic carbocycles. The van der Waals surface area contributed by atoms with Gasteiger partial charge < -0.3 is 14.4 Å². The van der Waals surface area contributed by atoms with Crippen LogP contribution in [0, 0.1) is 11.8 Å². The molecule has 1 aliphatic carbocycles. The highest BCUT2D eigenvalue weighted by Gasteiger charge is 2.22. The molecule has 0 heterocycles. The molecule has 0 N–H and O–H groups in total. The molecule has 3 unspecified atom stereocenters. The van der Waals surface area contributed by atoms with Gasteiger partial charge in [-0.2, -0.15) is 0 Å². The van der Waals surface area contributed by atoms with Gasteiger partial charge in [-0.25, -0.2) is 0 Å². The number of amides is 1. The summed E-state index contributed by atoms with van der Waals surface area (Å²) in [7, 11) is 1.71. The molecule has 4 heteroatoms. The number of hydrogen-bond donors (Lipinski definition) is 0. The number of carbonyl (C=O) groups is 1.